The quantitative estimate of drug-likeness (QED) is 0.368. The predicted molar refractivity (Wildman–Crippen MR) is 137 cm³/mol. The Hall–Kier alpha value is -3.46. The molecule has 0 bridgehead atoms. The first-order chi connectivity index (χ1) is 18.0. The van der Waals surface area contributed by atoms with Crippen molar-refractivity contribution in [1.29, 1.82) is 0 Å². The van der Waals surface area contributed by atoms with E-state index in [-0.39, 0.29) is 30.1 Å². The minimum atomic E-state index is -0.714. The van der Waals surface area contributed by atoms with E-state index in [4.69, 9.17) is 35.9 Å². The summed E-state index contributed by atoms with van der Waals surface area (Å²) in [7, 11) is 0. The number of aromatic amines is 1. The van der Waals surface area contributed by atoms with Crippen LogP contribution >= 0.6 is 11.6 Å². The zero-order valence-corrected chi connectivity index (χ0v) is 20.5. The SMILES string of the molecule is O=C(O)C1CC1c1ccc(-c2ccc(-c3nc4nc(OC5COC6CCOC65)[nH]c4cc3Cl)cc2)cc1. The van der Waals surface area contributed by atoms with Crippen molar-refractivity contribution in [3.8, 4) is 28.4 Å². The monoisotopic (exact) mass is 517 g/mol. The van der Waals surface area contributed by atoms with E-state index in [0.29, 0.717) is 41.1 Å². The highest BCUT2D eigenvalue weighted by Crippen LogP contribution is 2.47. The third kappa shape index (κ3) is 4.15. The molecule has 188 valence electrons. The molecule has 5 unspecified atom stereocenters. The van der Waals surface area contributed by atoms with Crippen LogP contribution in [0.5, 0.6) is 6.01 Å². The molecule has 7 rings (SSSR count). The Labute approximate surface area is 217 Å². The third-order valence-electron chi connectivity index (χ3n) is 7.53. The molecule has 3 fully saturated rings. The highest BCUT2D eigenvalue weighted by atomic mass is 35.5. The summed E-state index contributed by atoms with van der Waals surface area (Å²) in [6.07, 6.45) is 1.44. The molecule has 4 aromatic rings. The summed E-state index contributed by atoms with van der Waals surface area (Å²) in [4.78, 5) is 23.5. The largest absolute Gasteiger partial charge is 0.481 e. The molecule has 1 aliphatic carbocycles. The predicted octanol–water partition coefficient (Wildman–Crippen LogP) is 5.07. The number of ether oxygens (including phenoxy) is 3. The van der Waals surface area contributed by atoms with Crippen LogP contribution < -0.4 is 4.74 Å². The first kappa shape index (κ1) is 22.7. The zero-order valence-electron chi connectivity index (χ0n) is 19.8. The molecule has 4 heterocycles. The zero-order chi connectivity index (χ0) is 25.1. The molecule has 2 aromatic carbocycles. The lowest BCUT2D eigenvalue weighted by Crippen LogP contribution is -2.32. The highest BCUT2D eigenvalue weighted by molar-refractivity contribution is 6.33. The van der Waals surface area contributed by atoms with Gasteiger partial charge in [0.15, 0.2) is 11.8 Å². The van der Waals surface area contributed by atoms with Gasteiger partial charge in [-0.15, -0.1) is 0 Å². The van der Waals surface area contributed by atoms with Crippen molar-refractivity contribution in [3.63, 3.8) is 0 Å². The Kier molecular flexibility index (Phi) is 5.42. The van der Waals surface area contributed by atoms with Gasteiger partial charge < -0.3 is 24.3 Å². The van der Waals surface area contributed by atoms with Gasteiger partial charge in [-0.25, -0.2) is 4.98 Å². The summed E-state index contributed by atoms with van der Waals surface area (Å²) < 4.78 is 17.6. The topological polar surface area (TPSA) is 107 Å². The molecule has 37 heavy (non-hydrogen) atoms. The molecule has 2 saturated heterocycles. The Morgan fingerprint density at radius 1 is 1.03 bits per heavy atom. The van der Waals surface area contributed by atoms with E-state index in [0.717, 1.165) is 35.1 Å². The number of pyridine rings is 1. The maximum absolute atomic E-state index is 11.2. The molecule has 8 nitrogen and oxygen atoms in total. The molecule has 5 atom stereocenters. The number of aromatic nitrogens is 3. The van der Waals surface area contributed by atoms with Crippen LogP contribution in [0.3, 0.4) is 0 Å². The van der Waals surface area contributed by atoms with Gasteiger partial charge in [-0.3, -0.25) is 4.79 Å². The van der Waals surface area contributed by atoms with Crippen molar-refractivity contribution in [1.82, 2.24) is 15.0 Å². The van der Waals surface area contributed by atoms with Crippen molar-refractivity contribution >= 4 is 28.7 Å². The Bertz CT molecular complexity index is 1490. The van der Waals surface area contributed by atoms with Gasteiger partial charge in [0, 0.05) is 12.2 Å². The fourth-order valence-electron chi connectivity index (χ4n) is 5.41. The summed E-state index contributed by atoms with van der Waals surface area (Å²) in [5.41, 5.74) is 5.95. The summed E-state index contributed by atoms with van der Waals surface area (Å²) in [6, 6.07) is 18.4. The Morgan fingerprint density at radius 3 is 2.49 bits per heavy atom. The van der Waals surface area contributed by atoms with Gasteiger partial charge in [-0.05, 0) is 41.5 Å². The van der Waals surface area contributed by atoms with E-state index in [1.54, 1.807) is 0 Å². The smallest absolute Gasteiger partial charge is 0.307 e. The normalized spacial score (nSPS) is 26.4. The number of imidazole rings is 1. The highest BCUT2D eigenvalue weighted by Gasteiger charge is 2.44. The molecule has 2 aromatic heterocycles. The molecular weight excluding hydrogens is 494 g/mol. The average Bonchev–Trinajstić information content (AvgIpc) is 3.20. The van der Waals surface area contributed by atoms with E-state index in [2.05, 4.69) is 9.97 Å². The molecular formula is C28H24ClN3O5. The van der Waals surface area contributed by atoms with Crippen molar-refractivity contribution in [3.05, 3.63) is 65.2 Å². The molecule has 0 amide bonds. The number of rotatable bonds is 6. The van der Waals surface area contributed by atoms with E-state index < -0.39 is 5.97 Å². The lowest BCUT2D eigenvalue weighted by Gasteiger charge is -2.15. The number of nitrogens with one attached hydrogen (secondary N) is 1. The molecule has 1 saturated carbocycles. The van der Waals surface area contributed by atoms with Crippen LogP contribution in [0.2, 0.25) is 5.02 Å². The maximum atomic E-state index is 11.2. The van der Waals surface area contributed by atoms with Gasteiger partial charge >= 0.3 is 5.97 Å². The van der Waals surface area contributed by atoms with Gasteiger partial charge in [0.2, 0.25) is 0 Å². The fraction of sp³-hybridized carbons (Fsp3) is 0.321. The summed E-state index contributed by atoms with van der Waals surface area (Å²) >= 11 is 6.60. The van der Waals surface area contributed by atoms with Crippen LogP contribution in [0, 0.1) is 5.92 Å². The summed E-state index contributed by atoms with van der Waals surface area (Å²) in [5.74, 6) is -0.833. The minimum absolute atomic E-state index is 0.0644. The van der Waals surface area contributed by atoms with Gasteiger partial charge in [0.05, 0.1) is 34.9 Å². The van der Waals surface area contributed by atoms with Gasteiger partial charge in [-0.2, -0.15) is 4.98 Å². The molecule has 3 aliphatic rings. The van der Waals surface area contributed by atoms with Crippen molar-refractivity contribution in [2.75, 3.05) is 13.2 Å². The number of fused-ring (bicyclic) bond motifs is 2. The number of carboxylic acid groups (broad SMARTS) is 1. The number of benzene rings is 2. The van der Waals surface area contributed by atoms with Crippen LogP contribution in [0.1, 0.15) is 24.3 Å². The first-order valence-electron chi connectivity index (χ1n) is 12.4. The molecule has 0 radical (unpaired) electrons. The second kappa shape index (κ2) is 8.83. The second-order valence-corrected chi connectivity index (χ2v) is 10.3. The molecule has 2 aliphatic heterocycles. The molecule has 2 N–H and O–H groups in total. The van der Waals surface area contributed by atoms with E-state index >= 15 is 0 Å². The van der Waals surface area contributed by atoms with E-state index in [1.165, 1.54) is 0 Å². The van der Waals surface area contributed by atoms with E-state index in [1.807, 2.05) is 54.6 Å². The Morgan fingerprint density at radius 2 is 1.76 bits per heavy atom. The van der Waals surface area contributed by atoms with Gasteiger partial charge in [-0.1, -0.05) is 60.1 Å². The molecule has 9 heteroatoms. The van der Waals surface area contributed by atoms with Crippen molar-refractivity contribution in [2.45, 2.75) is 37.1 Å². The Balaban J connectivity index is 1.09. The number of hydrogen-bond acceptors (Lipinski definition) is 6. The van der Waals surface area contributed by atoms with Crippen LogP contribution in [-0.4, -0.2) is 57.6 Å². The number of carboxylic acids is 1. The van der Waals surface area contributed by atoms with Gasteiger partial charge in [0.25, 0.3) is 6.01 Å². The van der Waals surface area contributed by atoms with E-state index in [9.17, 15) is 4.79 Å². The number of nitrogens with zero attached hydrogens (tertiary/aromatic N) is 2. The standard InChI is InChI=1S/C28H24ClN3O5/c29-20-12-21-26(32-28(30-21)37-23-13-36-22-9-10-35-25(22)23)31-24(20)17-7-3-15(4-8-17)14-1-5-16(6-2-14)18-11-19(18)27(33)34/h1-8,12,18-19,22-23,25H,9-11,13H2,(H,33,34)(H,30,31,32). The number of halogens is 1. The van der Waals surface area contributed by atoms with Crippen molar-refractivity contribution in [2.24, 2.45) is 5.92 Å². The number of H-pyrrole nitrogens is 1. The summed E-state index contributed by atoms with van der Waals surface area (Å²) in [6.45, 7) is 1.16. The minimum Gasteiger partial charge on any atom is -0.481 e. The fourth-order valence-corrected chi connectivity index (χ4v) is 5.67. The number of aliphatic carboxylic acids is 1. The number of hydrogen-bond donors (Lipinski definition) is 2. The number of carbonyl (C=O) groups is 1. The maximum Gasteiger partial charge on any atom is 0.307 e. The molecule has 0 spiro atoms. The summed E-state index contributed by atoms with van der Waals surface area (Å²) in [5, 5.41) is 9.68. The first-order valence-corrected chi connectivity index (χ1v) is 12.8. The van der Waals surface area contributed by atoms with Gasteiger partial charge in [0.1, 0.15) is 6.10 Å². The van der Waals surface area contributed by atoms with Crippen LogP contribution in [0.4, 0.5) is 0 Å². The lowest BCUT2D eigenvalue weighted by molar-refractivity contribution is -0.138. The van der Waals surface area contributed by atoms with Crippen LogP contribution in [0.15, 0.2) is 54.6 Å². The van der Waals surface area contributed by atoms with Crippen LogP contribution in [0.25, 0.3) is 33.5 Å². The van der Waals surface area contributed by atoms with Crippen molar-refractivity contribution < 1.29 is 24.1 Å². The van der Waals surface area contributed by atoms with Crippen LogP contribution in [-0.2, 0) is 14.3 Å². The third-order valence-corrected chi connectivity index (χ3v) is 7.81. The average molecular weight is 518 g/mol. The second-order valence-electron chi connectivity index (χ2n) is 9.87. The lowest BCUT2D eigenvalue weighted by atomic mass is 10.00.